The number of alkyl halides is 1. The van der Waals surface area contributed by atoms with Gasteiger partial charge >= 0.3 is 0 Å². The lowest BCUT2D eigenvalue weighted by Gasteiger charge is -2.21. The van der Waals surface area contributed by atoms with Gasteiger partial charge < -0.3 is 4.90 Å². The molecule has 0 aromatic heterocycles. The standard InChI is InChI=1S/C13H16BrNOS/c1-9(14)8-15(2)13(16)12-7-10-5-3-4-6-11(10)17-12/h3-6,9,12H,7-8H2,1-2H3. The Labute approximate surface area is 115 Å². The van der Waals surface area contributed by atoms with Crippen LogP contribution in [-0.4, -0.2) is 34.5 Å². The summed E-state index contributed by atoms with van der Waals surface area (Å²) < 4.78 is 0. The summed E-state index contributed by atoms with van der Waals surface area (Å²) in [7, 11) is 1.88. The van der Waals surface area contributed by atoms with Crippen molar-refractivity contribution in [2.24, 2.45) is 0 Å². The largest absolute Gasteiger partial charge is 0.344 e. The molecule has 17 heavy (non-hydrogen) atoms. The maximum atomic E-state index is 12.2. The summed E-state index contributed by atoms with van der Waals surface area (Å²) >= 11 is 5.17. The molecule has 0 bridgehead atoms. The predicted molar refractivity (Wildman–Crippen MR) is 75.8 cm³/mol. The highest BCUT2D eigenvalue weighted by Gasteiger charge is 2.30. The van der Waals surface area contributed by atoms with E-state index in [4.69, 9.17) is 0 Å². The van der Waals surface area contributed by atoms with Gasteiger partial charge in [0.1, 0.15) is 0 Å². The Kier molecular flexibility index (Phi) is 4.15. The summed E-state index contributed by atoms with van der Waals surface area (Å²) in [6.45, 7) is 2.81. The smallest absolute Gasteiger partial charge is 0.236 e. The fraction of sp³-hybridized carbons (Fsp3) is 0.462. The van der Waals surface area contributed by atoms with Crippen LogP contribution in [0, 0.1) is 0 Å². The zero-order valence-electron chi connectivity index (χ0n) is 10.0. The number of thioether (sulfide) groups is 1. The highest BCUT2D eigenvalue weighted by Crippen LogP contribution is 2.37. The molecule has 2 nitrogen and oxygen atoms in total. The minimum Gasteiger partial charge on any atom is -0.344 e. The van der Waals surface area contributed by atoms with Crippen LogP contribution < -0.4 is 0 Å². The van der Waals surface area contributed by atoms with Gasteiger partial charge in [-0.15, -0.1) is 11.8 Å². The molecule has 0 N–H and O–H groups in total. The summed E-state index contributed by atoms with van der Waals surface area (Å²) in [6.07, 6.45) is 0.862. The molecule has 2 rings (SSSR count). The number of benzene rings is 1. The van der Waals surface area contributed by atoms with Crippen molar-refractivity contribution in [1.82, 2.24) is 4.90 Å². The second kappa shape index (κ2) is 5.44. The van der Waals surface area contributed by atoms with Crippen LogP contribution in [0.4, 0.5) is 0 Å². The van der Waals surface area contributed by atoms with Crippen molar-refractivity contribution in [2.45, 2.75) is 28.3 Å². The average molecular weight is 314 g/mol. The second-order valence-electron chi connectivity index (χ2n) is 4.42. The van der Waals surface area contributed by atoms with Crippen molar-refractivity contribution in [3.05, 3.63) is 29.8 Å². The summed E-state index contributed by atoms with van der Waals surface area (Å²) in [5.74, 6) is 0.234. The molecular formula is C13H16BrNOS. The number of amides is 1. The monoisotopic (exact) mass is 313 g/mol. The Morgan fingerprint density at radius 2 is 2.29 bits per heavy atom. The fourth-order valence-corrected chi connectivity index (χ4v) is 3.78. The number of fused-ring (bicyclic) bond motifs is 1. The molecule has 0 saturated carbocycles. The van der Waals surface area contributed by atoms with Crippen LogP contribution in [0.3, 0.4) is 0 Å². The maximum absolute atomic E-state index is 12.2. The van der Waals surface area contributed by atoms with E-state index in [9.17, 15) is 4.79 Å². The zero-order valence-corrected chi connectivity index (χ0v) is 12.4. The van der Waals surface area contributed by atoms with Gasteiger partial charge in [0.05, 0.1) is 5.25 Å². The summed E-state index contributed by atoms with van der Waals surface area (Å²) in [5.41, 5.74) is 1.30. The van der Waals surface area contributed by atoms with E-state index in [1.165, 1.54) is 10.5 Å². The Morgan fingerprint density at radius 1 is 1.59 bits per heavy atom. The van der Waals surface area contributed by atoms with E-state index in [0.717, 1.165) is 13.0 Å². The van der Waals surface area contributed by atoms with Crippen LogP contribution in [0.2, 0.25) is 0 Å². The van der Waals surface area contributed by atoms with Crippen LogP contribution in [0.15, 0.2) is 29.2 Å². The molecule has 4 heteroatoms. The number of nitrogens with zero attached hydrogens (tertiary/aromatic N) is 1. The molecule has 2 unspecified atom stereocenters. The lowest BCUT2D eigenvalue weighted by atomic mass is 10.1. The molecule has 0 radical (unpaired) electrons. The number of rotatable bonds is 3. The van der Waals surface area contributed by atoms with E-state index in [1.807, 2.05) is 24.1 Å². The minimum atomic E-state index is 0.0589. The van der Waals surface area contributed by atoms with Crippen LogP contribution in [0.25, 0.3) is 0 Å². The van der Waals surface area contributed by atoms with Crippen molar-refractivity contribution >= 4 is 33.6 Å². The molecule has 1 aromatic carbocycles. The van der Waals surface area contributed by atoms with Crippen LogP contribution in [-0.2, 0) is 11.2 Å². The Bertz CT molecular complexity index is 397. The highest BCUT2D eigenvalue weighted by atomic mass is 79.9. The molecule has 1 aliphatic heterocycles. The van der Waals surface area contributed by atoms with Gasteiger partial charge in [0.2, 0.25) is 5.91 Å². The molecule has 2 atom stereocenters. The molecule has 1 heterocycles. The predicted octanol–water partition coefficient (Wildman–Crippen LogP) is 2.95. The van der Waals surface area contributed by atoms with Gasteiger partial charge in [-0.3, -0.25) is 4.79 Å². The van der Waals surface area contributed by atoms with Gasteiger partial charge in [-0.2, -0.15) is 0 Å². The van der Waals surface area contributed by atoms with Crippen LogP contribution in [0.1, 0.15) is 12.5 Å². The number of carbonyl (C=O) groups is 1. The van der Waals surface area contributed by atoms with E-state index < -0.39 is 0 Å². The third kappa shape index (κ3) is 3.05. The van der Waals surface area contributed by atoms with E-state index in [1.54, 1.807) is 11.8 Å². The van der Waals surface area contributed by atoms with Gasteiger partial charge in [0.15, 0.2) is 0 Å². The van der Waals surface area contributed by atoms with E-state index in [2.05, 4.69) is 35.0 Å². The first-order valence-electron chi connectivity index (χ1n) is 5.71. The average Bonchev–Trinajstić information content (AvgIpc) is 2.70. The van der Waals surface area contributed by atoms with Gasteiger partial charge in [-0.25, -0.2) is 0 Å². The molecule has 0 fully saturated rings. The van der Waals surface area contributed by atoms with Gasteiger partial charge in [-0.05, 0) is 18.1 Å². The number of hydrogen-bond donors (Lipinski definition) is 0. The topological polar surface area (TPSA) is 20.3 Å². The lowest BCUT2D eigenvalue weighted by molar-refractivity contribution is -0.129. The Hall–Kier alpha value is -0.480. The number of halogens is 1. The molecule has 0 saturated heterocycles. The van der Waals surface area contributed by atoms with E-state index in [0.29, 0.717) is 4.83 Å². The van der Waals surface area contributed by atoms with Crippen molar-refractivity contribution in [3.63, 3.8) is 0 Å². The number of hydrogen-bond acceptors (Lipinski definition) is 2. The van der Waals surface area contributed by atoms with E-state index in [-0.39, 0.29) is 11.2 Å². The third-order valence-electron chi connectivity index (χ3n) is 2.82. The lowest BCUT2D eigenvalue weighted by Crippen LogP contribution is -2.37. The van der Waals surface area contributed by atoms with E-state index >= 15 is 0 Å². The molecular weight excluding hydrogens is 298 g/mol. The summed E-state index contributed by atoms with van der Waals surface area (Å²) in [6, 6.07) is 8.28. The van der Waals surface area contributed by atoms with Crippen LogP contribution >= 0.6 is 27.7 Å². The van der Waals surface area contributed by atoms with Crippen LogP contribution in [0.5, 0.6) is 0 Å². The number of carbonyl (C=O) groups excluding carboxylic acids is 1. The SMILES string of the molecule is CC(Br)CN(C)C(=O)C1Cc2ccccc2S1. The highest BCUT2D eigenvalue weighted by molar-refractivity contribution is 9.09. The summed E-state index contributed by atoms with van der Waals surface area (Å²) in [4.78, 5) is 15.6. The summed E-state index contributed by atoms with van der Waals surface area (Å²) in [5, 5.41) is 0.0589. The molecule has 0 spiro atoms. The Balaban J connectivity index is 2.01. The zero-order chi connectivity index (χ0) is 12.4. The quantitative estimate of drug-likeness (QED) is 0.800. The third-order valence-corrected chi connectivity index (χ3v) is 4.42. The molecule has 0 aliphatic carbocycles. The first-order chi connectivity index (χ1) is 8.08. The molecule has 1 aliphatic rings. The van der Waals surface area contributed by atoms with Gasteiger partial charge in [-0.1, -0.05) is 41.1 Å². The van der Waals surface area contributed by atoms with Crippen molar-refractivity contribution < 1.29 is 4.79 Å². The molecule has 92 valence electrons. The first-order valence-corrected chi connectivity index (χ1v) is 7.51. The molecule has 1 amide bonds. The van der Waals surface area contributed by atoms with Crippen molar-refractivity contribution in [2.75, 3.05) is 13.6 Å². The second-order valence-corrected chi connectivity index (χ2v) is 7.23. The van der Waals surface area contributed by atoms with Crippen molar-refractivity contribution in [3.8, 4) is 0 Å². The Morgan fingerprint density at radius 3 is 2.94 bits per heavy atom. The maximum Gasteiger partial charge on any atom is 0.236 e. The van der Waals surface area contributed by atoms with Gasteiger partial charge in [0.25, 0.3) is 0 Å². The van der Waals surface area contributed by atoms with Gasteiger partial charge in [0, 0.05) is 23.3 Å². The first kappa shape index (κ1) is 13.0. The minimum absolute atomic E-state index is 0.0589. The fourth-order valence-electron chi connectivity index (χ4n) is 2.03. The normalized spacial score (nSPS) is 19.8. The van der Waals surface area contributed by atoms with Crippen molar-refractivity contribution in [1.29, 1.82) is 0 Å². The molecule has 1 aromatic rings.